The summed E-state index contributed by atoms with van der Waals surface area (Å²) in [5.74, 6) is -1.19. The summed E-state index contributed by atoms with van der Waals surface area (Å²) in [7, 11) is 0. The van der Waals surface area contributed by atoms with E-state index in [-0.39, 0.29) is 0 Å². The molecule has 1 unspecified atom stereocenters. The minimum atomic E-state index is -1.23. The van der Waals surface area contributed by atoms with E-state index in [4.69, 9.17) is 10.2 Å². The molecule has 0 rings (SSSR count). The van der Waals surface area contributed by atoms with Crippen LogP contribution in [0, 0.1) is 0 Å². The Morgan fingerprint density at radius 3 is 2.00 bits per heavy atom. The van der Waals surface area contributed by atoms with Crippen molar-refractivity contribution in [1.29, 1.82) is 0 Å². The third kappa shape index (κ3) is 18.0. The summed E-state index contributed by atoms with van der Waals surface area (Å²) in [4.78, 5) is 19.8. The number of unbranched alkanes of at least 4 members (excludes halogenated alkanes) is 2. The van der Waals surface area contributed by atoms with E-state index in [9.17, 15) is 9.59 Å². The molecular weight excluding hydrogens is 195 g/mol. The van der Waals surface area contributed by atoms with Crippen molar-refractivity contribution in [2.24, 2.45) is 0 Å². The average molecular weight is 212 g/mol. The van der Waals surface area contributed by atoms with Gasteiger partial charge in [0.15, 0.2) is 0 Å². The van der Waals surface area contributed by atoms with E-state index < -0.39 is 12.1 Å². The number of aliphatic carboxylic acids is 1. The molecule has 4 nitrogen and oxygen atoms in total. The van der Waals surface area contributed by atoms with Gasteiger partial charge in [0.1, 0.15) is 6.10 Å². The molecule has 5 heteroatoms. The molecule has 0 bridgehead atoms. The van der Waals surface area contributed by atoms with Crippen LogP contribution < -0.4 is 0 Å². The first-order valence-corrected chi connectivity index (χ1v) is 5.82. The Balaban J connectivity index is 0. The van der Waals surface area contributed by atoms with Crippen LogP contribution in [0.5, 0.6) is 0 Å². The quantitative estimate of drug-likeness (QED) is 0.520. The van der Waals surface area contributed by atoms with Gasteiger partial charge in [0.2, 0.25) is 0 Å². The SMILES string of the molecule is CC(O)C(=O)O.CCCCC[C](=O)[Na]. The van der Waals surface area contributed by atoms with Gasteiger partial charge in [-0.25, -0.2) is 4.79 Å². The number of carboxylic acids is 1. The first kappa shape index (κ1) is 16.5. The van der Waals surface area contributed by atoms with Gasteiger partial charge in [-0.15, -0.1) is 0 Å². The van der Waals surface area contributed by atoms with Crippen molar-refractivity contribution in [2.75, 3.05) is 0 Å². The monoisotopic (exact) mass is 212 g/mol. The third-order valence-corrected chi connectivity index (χ3v) is 1.99. The minimum absolute atomic E-state index is 0.457. The number of carbonyl (C=O) groups is 2. The number of aliphatic hydroxyl groups excluding tert-OH is 1. The van der Waals surface area contributed by atoms with Gasteiger partial charge in [-0.05, 0) is 6.92 Å². The molecule has 0 saturated carbocycles. The summed E-state index contributed by atoms with van der Waals surface area (Å²) in [6.07, 6.45) is 3.15. The third-order valence-electron chi connectivity index (χ3n) is 1.49. The van der Waals surface area contributed by atoms with Crippen LogP contribution in [0.1, 0.15) is 39.5 Å². The summed E-state index contributed by atoms with van der Waals surface area (Å²) in [5.41, 5.74) is 0. The van der Waals surface area contributed by atoms with E-state index in [1.807, 2.05) is 0 Å². The van der Waals surface area contributed by atoms with E-state index in [1.165, 1.54) is 19.8 Å². The molecule has 0 aliphatic carbocycles. The number of hydrogen-bond acceptors (Lipinski definition) is 3. The number of rotatable bonds is 5. The first-order chi connectivity index (χ1) is 6.41. The van der Waals surface area contributed by atoms with Gasteiger partial charge in [-0.1, -0.05) is 0 Å². The molecule has 0 aliphatic rings. The first-order valence-electron chi connectivity index (χ1n) is 4.82. The second-order valence-corrected chi connectivity index (χ2v) is 4.29. The van der Waals surface area contributed by atoms with Crippen LogP contribution in [-0.2, 0) is 9.59 Å². The van der Waals surface area contributed by atoms with E-state index in [2.05, 4.69) is 6.92 Å². The van der Waals surface area contributed by atoms with E-state index >= 15 is 0 Å². The Hall–Kier alpha value is 0.1000. The topological polar surface area (TPSA) is 74.6 Å². The summed E-state index contributed by atoms with van der Waals surface area (Å²) >= 11 is 0.747. The molecule has 0 aliphatic heterocycles. The van der Waals surface area contributed by atoms with Gasteiger partial charge in [-0.2, -0.15) is 0 Å². The van der Waals surface area contributed by atoms with Crippen molar-refractivity contribution in [1.82, 2.24) is 0 Å². The standard InChI is InChI=1S/C6H11O.C3H6O3.Na/c1-2-3-4-5-6-7;1-2(4)3(5)6;/h2-5H2,1H3;2,4H,1H3,(H,5,6);. The van der Waals surface area contributed by atoms with Crippen molar-refractivity contribution in [3.8, 4) is 0 Å². The van der Waals surface area contributed by atoms with Crippen molar-refractivity contribution in [3.63, 3.8) is 0 Å². The van der Waals surface area contributed by atoms with Crippen LogP contribution in [0.25, 0.3) is 0 Å². The van der Waals surface area contributed by atoms with Crippen LogP contribution in [0.2, 0.25) is 0 Å². The van der Waals surface area contributed by atoms with Crippen molar-refractivity contribution in [2.45, 2.75) is 45.6 Å². The van der Waals surface area contributed by atoms with Crippen LogP contribution in [0.15, 0.2) is 0 Å². The second kappa shape index (κ2) is 11.2. The number of carbonyl (C=O) groups excluding carboxylic acids is 1. The maximum atomic E-state index is 10.4. The Bertz CT molecular complexity index is 168. The fourth-order valence-corrected chi connectivity index (χ4v) is 0.977. The molecule has 0 fully saturated rings. The molecule has 0 aromatic carbocycles. The predicted octanol–water partition coefficient (Wildman–Crippen LogP) is 0.714. The Morgan fingerprint density at radius 1 is 1.36 bits per heavy atom. The zero-order valence-corrected chi connectivity index (χ0v) is 11.1. The van der Waals surface area contributed by atoms with E-state index in [0.717, 1.165) is 40.8 Å². The average Bonchev–Trinajstić information content (AvgIpc) is 2.05. The van der Waals surface area contributed by atoms with Crippen molar-refractivity contribution >= 4 is 36.9 Å². The Kier molecular flexibility index (Phi) is 13.2. The summed E-state index contributed by atoms with van der Waals surface area (Å²) in [5, 5.41) is 15.8. The molecule has 0 heterocycles. The zero-order chi connectivity index (χ0) is 11.6. The normalized spacial score (nSPS) is 11.2. The number of aliphatic hydroxyl groups is 1. The summed E-state index contributed by atoms with van der Waals surface area (Å²) in [6, 6.07) is 0. The molecular formula is C9H17NaO4. The van der Waals surface area contributed by atoms with Crippen LogP contribution >= 0.6 is 0 Å². The molecule has 14 heavy (non-hydrogen) atoms. The van der Waals surface area contributed by atoms with Crippen molar-refractivity contribution in [3.05, 3.63) is 0 Å². The summed E-state index contributed by atoms with van der Waals surface area (Å²) < 4.78 is 0.457. The number of hydrogen-bond donors (Lipinski definition) is 2. The molecule has 0 amide bonds. The van der Waals surface area contributed by atoms with Gasteiger partial charge < -0.3 is 10.2 Å². The van der Waals surface area contributed by atoms with Crippen LogP contribution in [0.4, 0.5) is 0 Å². The van der Waals surface area contributed by atoms with Gasteiger partial charge in [0, 0.05) is 0 Å². The Labute approximate surface area is 102 Å². The van der Waals surface area contributed by atoms with Gasteiger partial charge in [0.25, 0.3) is 0 Å². The van der Waals surface area contributed by atoms with E-state index in [1.54, 1.807) is 0 Å². The fraction of sp³-hybridized carbons (Fsp3) is 0.778. The molecule has 0 aromatic heterocycles. The van der Waals surface area contributed by atoms with E-state index in [0.29, 0.717) is 3.03 Å². The van der Waals surface area contributed by atoms with Gasteiger partial charge >= 0.3 is 74.3 Å². The second-order valence-electron chi connectivity index (χ2n) is 3.17. The summed E-state index contributed by atoms with van der Waals surface area (Å²) in [6.45, 7) is 3.35. The predicted molar refractivity (Wildman–Crippen MR) is 54.2 cm³/mol. The van der Waals surface area contributed by atoms with Gasteiger partial charge in [0.05, 0.1) is 0 Å². The molecule has 0 radical (unpaired) electrons. The molecule has 1 atom stereocenters. The molecule has 2 N–H and O–H groups in total. The van der Waals surface area contributed by atoms with Gasteiger partial charge in [-0.3, -0.25) is 0 Å². The van der Waals surface area contributed by atoms with Crippen molar-refractivity contribution < 1.29 is 19.8 Å². The maximum absolute atomic E-state index is 10.4. The molecule has 0 spiro atoms. The molecule has 78 valence electrons. The molecule has 0 saturated heterocycles. The Morgan fingerprint density at radius 2 is 1.79 bits per heavy atom. The van der Waals surface area contributed by atoms with Crippen LogP contribution in [-0.4, -0.2) is 53.2 Å². The molecule has 0 aromatic rings. The van der Waals surface area contributed by atoms with Crippen LogP contribution in [0.3, 0.4) is 0 Å². The zero-order valence-electron chi connectivity index (χ0n) is 9.12. The fourth-order valence-electron chi connectivity index (χ4n) is 0.624. The number of carboxylic acid groups (broad SMARTS) is 1.